The van der Waals surface area contributed by atoms with Crippen LogP contribution in [0.2, 0.25) is 5.02 Å². The van der Waals surface area contributed by atoms with Gasteiger partial charge in [-0.25, -0.2) is 4.39 Å². The van der Waals surface area contributed by atoms with Crippen molar-refractivity contribution < 1.29 is 4.39 Å². The summed E-state index contributed by atoms with van der Waals surface area (Å²) in [6.07, 6.45) is 0.526. The zero-order valence-electron chi connectivity index (χ0n) is 12.5. The van der Waals surface area contributed by atoms with Gasteiger partial charge in [0.05, 0.1) is 0 Å². The average molecular weight is 370 g/mol. The second-order valence-electron chi connectivity index (χ2n) is 6.21. The molecule has 0 saturated carbocycles. The van der Waals surface area contributed by atoms with Gasteiger partial charge in [-0.1, -0.05) is 78.6 Å². The van der Waals surface area contributed by atoms with Crippen LogP contribution >= 0.6 is 27.5 Å². The predicted molar refractivity (Wildman–Crippen MR) is 91.9 cm³/mol. The summed E-state index contributed by atoms with van der Waals surface area (Å²) in [4.78, 5) is 0.0299. The van der Waals surface area contributed by atoms with Crippen molar-refractivity contribution in [3.05, 3.63) is 70.0 Å². The van der Waals surface area contributed by atoms with Gasteiger partial charge in [0.2, 0.25) is 0 Å². The molecule has 3 heteroatoms. The molecule has 0 heterocycles. The first-order chi connectivity index (χ1) is 9.80. The zero-order chi connectivity index (χ0) is 15.6. The first-order valence-corrected chi connectivity index (χ1v) is 8.26. The minimum absolute atomic E-state index is 0.0299. The molecule has 0 bridgehead atoms. The molecule has 0 saturated heterocycles. The third-order valence-corrected chi connectivity index (χ3v) is 4.72. The molecular weight excluding hydrogens is 351 g/mol. The van der Waals surface area contributed by atoms with Gasteiger partial charge in [0, 0.05) is 15.4 Å². The maximum absolute atomic E-state index is 14.0. The largest absolute Gasteiger partial charge is 0.207 e. The van der Waals surface area contributed by atoms with Gasteiger partial charge in [-0.2, -0.15) is 0 Å². The van der Waals surface area contributed by atoms with E-state index in [0.29, 0.717) is 17.0 Å². The van der Waals surface area contributed by atoms with Gasteiger partial charge >= 0.3 is 0 Å². The minimum Gasteiger partial charge on any atom is -0.207 e. The number of halogens is 3. The maximum atomic E-state index is 14.0. The third kappa shape index (κ3) is 3.87. The highest BCUT2D eigenvalue weighted by Crippen LogP contribution is 2.37. The number of benzene rings is 2. The van der Waals surface area contributed by atoms with Crippen molar-refractivity contribution >= 4 is 27.5 Å². The van der Waals surface area contributed by atoms with E-state index >= 15 is 0 Å². The normalized spacial score (nSPS) is 13.2. The Morgan fingerprint density at radius 2 is 1.76 bits per heavy atom. The number of hydrogen-bond donors (Lipinski definition) is 0. The van der Waals surface area contributed by atoms with E-state index in [1.54, 1.807) is 12.1 Å². The smallest absolute Gasteiger partial charge is 0.127 e. The van der Waals surface area contributed by atoms with Gasteiger partial charge in [0.15, 0.2) is 0 Å². The monoisotopic (exact) mass is 368 g/mol. The third-order valence-electron chi connectivity index (χ3n) is 3.55. The lowest BCUT2D eigenvalue weighted by molar-refractivity contribution is 0.579. The first-order valence-electron chi connectivity index (χ1n) is 6.97. The van der Waals surface area contributed by atoms with Crippen LogP contribution in [0.4, 0.5) is 4.39 Å². The highest BCUT2D eigenvalue weighted by Gasteiger charge is 2.22. The fourth-order valence-electron chi connectivity index (χ4n) is 2.47. The molecule has 0 aliphatic rings. The van der Waals surface area contributed by atoms with Crippen LogP contribution in [0.5, 0.6) is 0 Å². The molecule has 2 aromatic carbocycles. The fourth-order valence-corrected chi connectivity index (χ4v) is 3.43. The van der Waals surface area contributed by atoms with Gasteiger partial charge in [-0.3, -0.25) is 0 Å². The Morgan fingerprint density at radius 1 is 1.10 bits per heavy atom. The SMILES string of the molecule is CC(C)(C)c1ccccc1C(Br)Cc1c(F)cccc1Cl. The summed E-state index contributed by atoms with van der Waals surface area (Å²) < 4.78 is 14.0. The molecule has 0 N–H and O–H groups in total. The van der Waals surface area contributed by atoms with Gasteiger partial charge < -0.3 is 0 Å². The van der Waals surface area contributed by atoms with Crippen molar-refractivity contribution in [2.45, 2.75) is 37.4 Å². The Morgan fingerprint density at radius 3 is 2.38 bits per heavy atom. The maximum Gasteiger partial charge on any atom is 0.127 e. The highest BCUT2D eigenvalue weighted by atomic mass is 79.9. The van der Waals surface area contributed by atoms with E-state index in [2.05, 4.69) is 48.8 Å². The van der Waals surface area contributed by atoms with E-state index in [0.717, 1.165) is 0 Å². The van der Waals surface area contributed by atoms with E-state index in [1.807, 2.05) is 12.1 Å². The van der Waals surface area contributed by atoms with Crippen molar-refractivity contribution in [2.75, 3.05) is 0 Å². The van der Waals surface area contributed by atoms with Gasteiger partial charge in [-0.15, -0.1) is 0 Å². The van der Waals surface area contributed by atoms with Gasteiger partial charge in [0.1, 0.15) is 5.82 Å². The quantitative estimate of drug-likeness (QED) is 0.545. The molecule has 0 nitrogen and oxygen atoms in total. The molecule has 0 aliphatic carbocycles. The lowest BCUT2D eigenvalue weighted by Crippen LogP contribution is -2.15. The van der Waals surface area contributed by atoms with E-state index in [1.165, 1.54) is 17.2 Å². The second kappa shape index (κ2) is 6.50. The molecule has 1 unspecified atom stereocenters. The lowest BCUT2D eigenvalue weighted by atomic mass is 9.82. The molecule has 0 fully saturated rings. The number of alkyl halides is 1. The Bertz CT molecular complexity index is 611. The van der Waals surface area contributed by atoms with Crippen molar-refractivity contribution in [3.63, 3.8) is 0 Å². The molecular formula is C18H19BrClF. The van der Waals surface area contributed by atoms with Crippen molar-refractivity contribution in [1.29, 1.82) is 0 Å². The average Bonchev–Trinajstić information content (AvgIpc) is 2.42. The van der Waals surface area contributed by atoms with E-state index in [4.69, 9.17) is 11.6 Å². The van der Waals surface area contributed by atoms with Crippen molar-refractivity contribution in [2.24, 2.45) is 0 Å². The fraction of sp³-hybridized carbons (Fsp3) is 0.333. The van der Waals surface area contributed by atoms with Crippen LogP contribution in [0.1, 0.15) is 42.3 Å². The summed E-state index contributed by atoms with van der Waals surface area (Å²) in [6, 6.07) is 13.1. The minimum atomic E-state index is -0.250. The summed E-state index contributed by atoms with van der Waals surface area (Å²) in [6.45, 7) is 6.55. The Kier molecular flexibility index (Phi) is 5.11. The van der Waals surface area contributed by atoms with Crippen LogP contribution in [-0.2, 0) is 11.8 Å². The molecule has 21 heavy (non-hydrogen) atoms. The molecule has 0 amide bonds. The van der Waals surface area contributed by atoms with Crippen LogP contribution in [-0.4, -0.2) is 0 Å². The van der Waals surface area contributed by atoms with E-state index < -0.39 is 0 Å². The zero-order valence-corrected chi connectivity index (χ0v) is 14.8. The highest BCUT2D eigenvalue weighted by molar-refractivity contribution is 9.09. The second-order valence-corrected chi connectivity index (χ2v) is 7.72. The Labute approximate surface area is 139 Å². The number of hydrogen-bond acceptors (Lipinski definition) is 0. The molecule has 1 atom stereocenters. The molecule has 0 aromatic heterocycles. The van der Waals surface area contributed by atoms with Crippen LogP contribution < -0.4 is 0 Å². The standard InChI is InChI=1S/C18H19BrClF/c1-18(2,3)14-8-5-4-7-12(14)15(19)11-13-16(20)9-6-10-17(13)21/h4-10,15H,11H2,1-3H3. The van der Waals surface area contributed by atoms with Crippen LogP contribution in [0, 0.1) is 5.82 Å². The first kappa shape index (κ1) is 16.5. The van der Waals surface area contributed by atoms with Gasteiger partial charge in [-0.05, 0) is 35.1 Å². The summed E-state index contributed by atoms with van der Waals surface area (Å²) >= 11 is 9.84. The molecule has 112 valence electrons. The van der Waals surface area contributed by atoms with Gasteiger partial charge in [0.25, 0.3) is 0 Å². The topological polar surface area (TPSA) is 0 Å². The molecule has 0 radical (unpaired) electrons. The molecule has 0 aliphatic heterocycles. The molecule has 2 aromatic rings. The van der Waals surface area contributed by atoms with Crippen LogP contribution in [0.3, 0.4) is 0 Å². The molecule has 0 spiro atoms. The summed E-state index contributed by atoms with van der Waals surface area (Å²) in [5.41, 5.74) is 3.05. The van der Waals surface area contributed by atoms with Crippen LogP contribution in [0.15, 0.2) is 42.5 Å². The van der Waals surface area contributed by atoms with Crippen LogP contribution in [0.25, 0.3) is 0 Å². The predicted octanol–water partition coefficient (Wildman–Crippen LogP) is 6.46. The molecule has 2 rings (SSSR count). The Balaban J connectivity index is 2.36. The number of rotatable bonds is 3. The summed E-state index contributed by atoms with van der Waals surface area (Å²) in [5.74, 6) is -0.250. The van der Waals surface area contributed by atoms with Crippen molar-refractivity contribution in [3.8, 4) is 0 Å². The Hall–Kier alpha value is -0.860. The summed E-state index contributed by atoms with van der Waals surface area (Å²) in [7, 11) is 0. The lowest BCUT2D eigenvalue weighted by Gasteiger charge is -2.25. The van der Waals surface area contributed by atoms with E-state index in [9.17, 15) is 4.39 Å². The van der Waals surface area contributed by atoms with E-state index in [-0.39, 0.29) is 16.1 Å². The summed E-state index contributed by atoms with van der Waals surface area (Å²) in [5, 5.41) is 0.479. The van der Waals surface area contributed by atoms with Crippen molar-refractivity contribution in [1.82, 2.24) is 0 Å².